The lowest BCUT2D eigenvalue weighted by molar-refractivity contribution is 0.129. The molecule has 0 saturated heterocycles. The molecule has 17 heavy (non-hydrogen) atoms. The van der Waals surface area contributed by atoms with Crippen molar-refractivity contribution in [3.05, 3.63) is 14.7 Å². The van der Waals surface area contributed by atoms with Crippen LogP contribution in [0.15, 0.2) is 14.7 Å². The largest absolute Gasteiger partial charge is 0.391 e. The Morgan fingerprint density at radius 2 is 2.12 bits per heavy atom. The van der Waals surface area contributed by atoms with E-state index in [0.29, 0.717) is 0 Å². The molecule has 1 rings (SSSR count). The fraction of sp³-hybridized carbons (Fsp3) is 0.600. The molecule has 1 atom stereocenters. The zero-order valence-electron chi connectivity index (χ0n) is 9.90. The van der Waals surface area contributed by atoms with Crippen LogP contribution in [-0.4, -0.2) is 26.2 Å². The van der Waals surface area contributed by atoms with Gasteiger partial charge in [-0.3, -0.25) is 0 Å². The van der Waals surface area contributed by atoms with Gasteiger partial charge < -0.3 is 5.11 Å². The third-order valence-electron chi connectivity index (χ3n) is 2.38. The van der Waals surface area contributed by atoms with Crippen LogP contribution in [0.4, 0.5) is 0 Å². The highest BCUT2D eigenvalue weighted by atomic mass is 79.9. The van der Waals surface area contributed by atoms with Gasteiger partial charge in [-0.25, -0.2) is 13.1 Å². The maximum atomic E-state index is 12.0. The van der Waals surface area contributed by atoms with E-state index in [2.05, 4.69) is 20.7 Å². The number of hydrogen-bond acceptors (Lipinski definition) is 4. The third kappa shape index (κ3) is 4.03. The lowest BCUT2D eigenvalue weighted by atomic mass is 10.1. The minimum atomic E-state index is -3.53. The van der Waals surface area contributed by atoms with E-state index in [-0.39, 0.29) is 17.4 Å². The summed E-state index contributed by atoms with van der Waals surface area (Å²) in [5.41, 5.74) is 0. The van der Waals surface area contributed by atoms with E-state index in [1.807, 2.05) is 13.8 Å². The third-order valence-corrected chi connectivity index (χ3v) is 5.62. The summed E-state index contributed by atoms with van der Waals surface area (Å²) < 4.78 is 27.1. The maximum absolute atomic E-state index is 12.0. The Morgan fingerprint density at radius 1 is 1.53 bits per heavy atom. The summed E-state index contributed by atoms with van der Waals surface area (Å²) in [4.78, 5) is 0.994. The van der Waals surface area contributed by atoms with Gasteiger partial charge in [0.05, 0.1) is 14.8 Å². The van der Waals surface area contributed by atoms with Gasteiger partial charge in [0.1, 0.15) is 0 Å². The van der Waals surface area contributed by atoms with E-state index in [4.69, 9.17) is 0 Å². The highest BCUT2D eigenvalue weighted by molar-refractivity contribution is 9.11. The number of halogens is 1. The van der Waals surface area contributed by atoms with Gasteiger partial charge in [0.25, 0.3) is 0 Å². The SMILES string of the molecule is Cc1sc(Br)cc1S(=O)(=O)NCC(O)C(C)C. The van der Waals surface area contributed by atoms with Gasteiger partial charge in [-0.2, -0.15) is 0 Å². The maximum Gasteiger partial charge on any atom is 0.241 e. The molecule has 1 heterocycles. The molecule has 0 amide bonds. The summed E-state index contributed by atoms with van der Waals surface area (Å²) in [6.07, 6.45) is -0.674. The molecule has 1 unspecified atom stereocenters. The van der Waals surface area contributed by atoms with Crippen molar-refractivity contribution < 1.29 is 13.5 Å². The lowest BCUT2D eigenvalue weighted by Crippen LogP contribution is -2.34. The van der Waals surface area contributed by atoms with Gasteiger partial charge in [-0.1, -0.05) is 13.8 Å². The number of thiophene rings is 1. The molecular formula is C10H16BrNO3S2. The van der Waals surface area contributed by atoms with Gasteiger partial charge in [-0.05, 0) is 34.8 Å². The molecule has 1 aromatic heterocycles. The van der Waals surface area contributed by atoms with Crippen molar-refractivity contribution >= 4 is 37.3 Å². The predicted octanol–water partition coefficient (Wildman–Crippen LogP) is 2.11. The molecule has 98 valence electrons. The molecule has 0 bridgehead atoms. The van der Waals surface area contributed by atoms with Crippen molar-refractivity contribution in [3.8, 4) is 0 Å². The number of aliphatic hydroxyl groups is 1. The molecule has 0 aromatic carbocycles. The molecule has 0 radical (unpaired) electrons. The molecule has 4 nitrogen and oxygen atoms in total. The first-order chi connectivity index (χ1) is 7.74. The Kier molecular flexibility index (Phi) is 5.15. The Morgan fingerprint density at radius 3 is 2.53 bits per heavy atom. The number of nitrogens with one attached hydrogen (secondary N) is 1. The minimum absolute atomic E-state index is 0.0213. The number of rotatable bonds is 5. The van der Waals surface area contributed by atoms with Crippen LogP contribution in [0, 0.1) is 12.8 Å². The van der Waals surface area contributed by atoms with Crippen LogP contribution in [0.2, 0.25) is 0 Å². The smallest absolute Gasteiger partial charge is 0.241 e. The van der Waals surface area contributed by atoms with Crippen LogP contribution < -0.4 is 4.72 Å². The van der Waals surface area contributed by atoms with E-state index in [1.165, 1.54) is 11.3 Å². The monoisotopic (exact) mass is 341 g/mol. The van der Waals surface area contributed by atoms with Crippen LogP contribution in [0.25, 0.3) is 0 Å². The first-order valence-electron chi connectivity index (χ1n) is 5.17. The molecule has 0 spiro atoms. The fourth-order valence-corrected chi connectivity index (χ4v) is 4.67. The standard InChI is InChI=1S/C10H16BrNO3S2/c1-6(2)8(13)5-12-17(14,15)9-4-10(11)16-7(9)3/h4,6,8,12-13H,5H2,1-3H3. The summed E-state index contributed by atoms with van der Waals surface area (Å²) >= 11 is 4.63. The summed E-state index contributed by atoms with van der Waals surface area (Å²) in [7, 11) is -3.53. The van der Waals surface area contributed by atoms with Gasteiger partial charge in [-0.15, -0.1) is 11.3 Å². The molecule has 0 aliphatic carbocycles. The average Bonchev–Trinajstić information content (AvgIpc) is 2.55. The van der Waals surface area contributed by atoms with Crippen LogP contribution in [-0.2, 0) is 10.0 Å². The normalized spacial score (nSPS) is 14.2. The topological polar surface area (TPSA) is 66.4 Å². The molecule has 0 aliphatic rings. The van der Waals surface area contributed by atoms with Crippen molar-refractivity contribution in [2.24, 2.45) is 5.92 Å². The predicted molar refractivity (Wildman–Crippen MR) is 72.8 cm³/mol. The van der Waals surface area contributed by atoms with Gasteiger partial charge in [0.15, 0.2) is 0 Å². The molecule has 2 N–H and O–H groups in total. The number of aliphatic hydroxyl groups excluding tert-OH is 1. The first kappa shape index (κ1) is 15.1. The molecule has 1 aromatic rings. The van der Waals surface area contributed by atoms with Crippen molar-refractivity contribution in [2.75, 3.05) is 6.54 Å². The zero-order valence-corrected chi connectivity index (χ0v) is 13.1. The second-order valence-corrected chi connectivity index (χ2v) is 8.51. The minimum Gasteiger partial charge on any atom is -0.391 e. The fourth-order valence-electron chi connectivity index (χ4n) is 1.21. The number of aryl methyl sites for hydroxylation is 1. The highest BCUT2D eigenvalue weighted by Crippen LogP contribution is 2.29. The Balaban J connectivity index is 2.80. The molecule has 7 heteroatoms. The van der Waals surface area contributed by atoms with Gasteiger partial charge in [0.2, 0.25) is 10.0 Å². The second kappa shape index (κ2) is 5.79. The number of hydrogen-bond donors (Lipinski definition) is 2. The van der Waals surface area contributed by atoms with Gasteiger partial charge in [0, 0.05) is 11.4 Å². The van der Waals surface area contributed by atoms with Gasteiger partial charge >= 0.3 is 0 Å². The van der Waals surface area contributed by atoms with Crippen LogP contribution in [0.5, 0.6) is 0 Å². The molecule has 0 saturated carbocycles. The molecule has 0 aliphatic heterocycles. The van der Waals surface area contributed by atoms with Crippen LogP contribution in [0.3, 0.4) is 0 Å². The van der Waals surface area contributed by atoms with E-state index in [9.17, 15) is 13.5 Å². The summed E-state index contributed by atoms with van der Waals surface area (Å²) in [6, 6.07) is 1.57. The highest BCUT2D eigenvalue weighted by Gasteiger charge is 2.21. The Hall–Kier alpha value is 0.0500. The summed E-state index contributed by atoms with van der Waals surface area (Å²) in [6.45, 7) is 5.46. The quantitative estimate of drug-likeness (QED) is 0.861. The molecular weight excluding hydrogens is 326 g/mol. The Labute approximate surface area is 114 Å². The van der Waals surface area contributed by atoms with Crippen molar-refractivity contribution in [1.29, 1.82) is 0 Å². The summed E-state index contributed by atoms with van der Waals surface area (Å²) in [5.74, 6) is 0.0213. The van der Waals surface area contributed by atoms with Crippen LogP contribution >= 0.6 is 27.3 Å². The zero-order chi connectivity index (χ0) is 13.2. The van der Waals surface area contributed by atoms with E-state index >= 15 is 0 Å². The van der Waals surface area contributed by atoms with E-state index in [0.717, 1.165) is 8.66 Å². The molecule has 0 fully saturated rings. The van der Waals surface area contributed by atoms with Crippen LogP contribution in [0.1, 0.15) is 18.7 Å². The van der Waals surface area contributed by atoms with Crippen molar-refractivity contribution in [3.63, 3.8) is 0 Å². The second-order valence-electron chi connectivity index (χ2n) is 4.13. The summed E-state index contributed by atoms with van der Waals surface area (Å²) in [5, 5.41) is 9.58. The van der Waals surface area contributed by atoms with E-state index in [1.54, 1.807) is 13.0 Å². The lowest BCUT2D eigenvalue weighted by Gasteiger charge is -2.15. The Bertz CT molecular complexity index is 482. The first-order valence-corrected chi connectivity index (χ1v) is 8.27. The number of sulfonamides is 1. The average molecular weight is 342 g/mol. The van der Waals surface area contributed by atoms with E-state index < -0.39 is 16.1 Å². The van der Waals surface area contributed by atoms with Crippen molar-refractivity contribution in [1.82, 2.24) is 4.72 Å². The van der Waals surface area contributed by atoms with Crippen molar-refractivity contribution in [2.45, 2.75) is 31.8 Å².